The van der Waals surface area contributed by atoms with Crippen LogP contribution in [-0.4, -0.2) is 40.7 Å². The molecule has 0 aliphatic heterocycles. The van der Waals surface area contributed by atoms with Gasteiger partial charge in [-0.1, -0.05) is 32.0 Å². The van der Waals surface area contributed by atoms with Gasteiger partial charge in [-0.25, -0.2) is 14.8 Å². The summed E-state index contributed by atoms with van der Waals surface area (Å²) in [7, 11) is 1.33. The Bertz CT molecular complexity index is 776. The molecule has 2 aromatic heterocycles. The Morgan fingerprint density at radius 2 is 2.08 bits per heavy atom. The summed E-state index contributed by atoms with van der Waals surface area (Å²) in [5.74, 6) is -0.433. The van der Waals surface area contributed by atoms with E-state index in [-0.39, 0.29) is 17.6 Å². The van der Waals surface area contributed by atoms with Gasteiger partial charge in [0.25, 0.3) is 0 Å². The molecular weight excluding hydrogens is 358 g/mol. The van der Waals surface area contributed by atoms with Crippen LogP contribution in [0, 0.1) is 19.8 Å². The minimum Gasteiger partial charge on any atom is -0.467 e. The van der Waals surface area contributed by atoms with Gasteiger partial charge in [-0.15, -0.1) is 11.3 Å². The van der Waals surface area contributed by atoms with Crippen LogP contribution in [0.3, 0.4) is 0 Å². The molecule has 6 nitrogen and oxygen atoms in total. The first-order chi connectivity index (χ1) is 11.9. The van der Waals surface area contributed by atoms with E-state index in [0.29, 0.717) is 0 Å². The zero-order valence-corrected chi connectivity index (χ0v) is 16.7. The summed E-state index contributed by atoms with van der Waals surface area (Å²) in [5, 5.41) is 4.58. The summed E-state index contributed by atoms with van der Waals surface area (Å²) in [6.07, 6.45) is 2.29. The molecule has 0 saturated heterocycles. The van der Waals surface area contributed by atoms with Gasteiger partial charge in [0.15, 0.2) is 0 Å². The lowest BCUT2D eigenvalue weighted by atomic mass is 9.99. The molecule has 8 heteroatoms. The van der Waals surface area contributed by atoms with Gasteiger partial charge in [0, 0.05) is 10.3 Å². The number of nitrogens with zero attached hydrogens (tertiary/aromatic N) is 2. The average Bonchev–Trinajstić information content (AvgIpc) is 2.91. The number of thiophene rings is 1. The van der Waals surface area contributed by atoms with E-state index in [2.05, 4.69) is 22.2 Å². The van der Waals surface area contributed by atoms with Gasteiger partial charge in [-0.05, 0) is 25.3 Å². The van der Waals surface area contributed by atoms with Gasteiger partial charge >= 0.3 is 5.97 Å². The highest BCUT2D eigenvalue weighted by molar-refractivity contribution is 8.00. The molecule has 0 fully saturated rings. The number of fused-ring (bicyclic) bond motifs is 1. The van der Waals surface area contributed by atoms with Gasteiger partial charge in [-0.3, -0.25) is 4.79 Å². The standard InChI is InChI=1S/C17H23N3O3S2/c1-6-9(2)14(17(22)23-5)20-12(21)7-24-15-13-10(3)11(4)25-16(13)19-8-18-15/h8-9,14H,6-7H2,1-5H3,(H,20,21)/t9-,14-/m0/s1. The van der Waals surface area contributed by atoms with Crippen molar-refractivity contribution in [1.82, 2.24) is 15.3 Å². The van der Waals surface area contributed by atoms with E-state index >= 15 is 0 Å². The minimum atomic E-state index is -0.626. The number of hydrogen-bond donors (Lipinski definition) is 1. The van der Waals surface area contributed by atoms with Crippen molar-refractivity contribution in [3.8, 4) is 0 Å². The van der Waals surface area contributed by atoms with Gasteiger partial charge in [0.1, 0.15) is 22.2 Å². The topological polar surface area (TPSA) is 81.2 Å². The summed E-state index contributed by atoms with van der Waals surface area (Å²) in [6, 6.07) is -0.626. The molecule has 25 heavy (non-hydrogen) atoms. The number of aryl methyl sites for hydroxylation is 2. The number of esters is 1. The maximum atomic E-state index is 12.3. The Morgan fingerprint density at radius 1 is 1.36 bits per heavy atom. The number of carbonyl (C=O) groups is 2. The maximum Gasteiger partial charge on any atom is 0.328 e. The van der Waals surface area contributed by atoms with E-state index in [0.717, 1.165) is 27.2 Å². The van der Waals surface area contributed by atoms with Crippen molar-refractivity contribution in [1.29, 1.82) is 0 Å². The molecule has 2 atom stereocenters. The largest absolute Gasteiger partial charge is 0.467 e. The molecule has 0 unspecified atom stereocenters. The van der Waals surface area contributed by atoms with Gasteiger partial charge in [0.05, 0.1) is 12.9 Å². The molecule has 0 spiro atoms. The van der Waals surface area contributed by atoms with Crippen LogP contribution in [0.2, 0.25) is 0 Å². The number of thioether (sulfide) groups is 1. The van der Waals surface area contributed by atoms with Crippen molar-refractivity contribution in [2.24, 2.45) is 5.92 Å². The summed E-state index contributed by atoms with van der Waals surface area (Å²) in [6.45, 7) is 7.98. The smallest absolute Gasteiger partial charge is 0.328 e. The third-order valence-electron chi connectivity index (χ3n) is 4.26. The lowest BCUT2D eigenvalue weighted by Gasteiger charge is -2.21. The van der Waals surface area contributed by atoms with E-state index in [4.69, 9.17) is 4.74 Å². The zero-order valence-electron chi connectivity index (χ0n) is 15.1. The monoisotopic (exact) mass is 381 g/mol. The highest BCUT2D eigenvalue weighted by Crippen LogP contribution is 2.34. The van der Waals surface area contributed by atoms with Crippen molar-refractivity contribution < 1.29 is 14.3 Å². The number of amides is 1. The van der Waals surface area contributed by atoms with Crippen LogP contribution in [0.15, 0.2) is 11.4 Å². The molecule has 0 radical (unpaired) electrons. The Balaban J connectivity index is 2.08. The van der Waals surface area contributed by atoms with Gasteiger partial charge in [0.2, 0.25) is 5.91 Å². The van der Waals surface area contributed by atoms with Crippen LogP contribution in [0.4, 0.5) is 0 Å². The number of methoxy groups -OCH3 is 1. The van der Waals surface area contributed by atoms with Crippen LogP contribution < -0.4 is 5.32 Å². The number of ether oxygens (including phenoxy) is 1. The van der Waals surface area contributed by atoms with Crippen LogP contribution in [-0.2, 0) is 14.3 Å². The van der Waals surface area contributed by atoms with E-state index in [1.807, 2.05) is 20.8 Å². The molecule has 2 heterocycles. The Morgan fingerprint density at radius 3 is 2.72 bits per heavy atom. The summed E-state index contributed by atoms with van der Waals surface area (Å²) < 4.78 is 4.80. The average molecular weight is 382 g/mol. The van der Waals surface area contributed by atoms with E-state index in [9.17, 15) is 9.59 Å². The predicted molar refractivity (Wildman–Crippen MR) is 101 cm³/mol. The van der Waals surface area contributed by atoms with Crippen LogP contribution in [0.5, 0.6) is 0 Å². The van der Waals surface area contributed by atoms with E-state index in [1.165, 1.54) is 30.1 Å². The fourth-order valence-corrected chi connectivity index (χ4v) is 4.33. The molecule has 1 N–H and O–H groups in total. The van der Waals surface area contributed by atoms with Crippen molar-refractivity contribution in [2.45, 2.75) is 45.2 Å². The number of aromatic nitrogens is 2. The third-order valence-corrected chi connectivity index (χ3v) is 6.36. The number of hydrogen-bond acceptors (Lipinski definition) is 7. The minimum absolute atomic E-state index is 0.00826. The molecule has 136 valence electrons. The van der Waals surface area contributed by atoms with Gasteiger partial charge < -0.3 is 10.1 Å². The number of carbonyl (C=O) groups excluding carboxylic acids is 2. The first-order valence-electron chi connectivity index (χ1n) is 8.09. The fraction of sp³-hybridized carbons (Fsp3) is 0.529. The molecule has 2 aromatic rings. The van der Waals surface area contributed by atoms with Crippen molar-refractivity contribution in [3.05, 3.63) is 16.8 Å². The number of rotatable bonds is 7. The second-order valence-electron chi connectivity index (χ2n) is 5.88. The SMILES string of the molecule is CC[C@H](C)[C@H](NC(=O)CSc1ncnc2sc(C)c(C)c12)C(=O)OC. The molecule has 2 rings (SSSR count). The highest BCUT2D eigenvalue weighted by Gasteiger charge is 2.26. The molecular formula is C17H23N3O3S2. The fourth-order valence-electron chi connectivity index (χ4n) is 2.40. The summed E-state index contributed by atoms with van der Waals surface area (Å²) in [4.78, 5) is 34.9. The Labute approximate surface area is 155 Å². The van der Waals surface area contributed by atoms with Crippen molar-refractivity contribution in [3.63, 3.8) is 0 Å². The Kier molecular flexibility index (Phi) is 6.78. The lowest BCUT2D eigenvalue weighted by molar-refractivity contribution is -0.146. The van der Waals surface area contributed by atoms with E-state index < -0.39 is 12.0 Å². The molecule has 0 bridgehead atoms. The maximum absolute atomic E-state index is 12.3. The number of nitrogens with one attached hydrogen (secondary N) is 1. The van der Waals surface area contributed by atoms with Gasteiger partial charge in [-0.2, -0.15) is 0 Å². The first kappa shape index (κ1) is 19.7. The molecule has 0 aliphatic rings. The second kappa shape index (κ2) is 8.62. The van der Waals surface area contributed by atoms with E-state index in [1.54, 1.807) is 11.3 Å². The lowest BCUT2D eigenvalue weighted by Crippen LogP contribution is -2.46. The van der Waals surface area contributed by atoms with Crippen molar-refractivity contribution in [2.75, 3.05) is 12.9 Å². The molecule has 0 aliphatic carbocycles. The summed E-state index contributed by atoms with van der Waals surface area (Å²) >= 11 is 2.98. The quantitative estimate of drug-likeness (QED) is 0.451. The molecule has 0 saturated carbocycles. The summed E-state index contributed by atoms with van der Waals surface area (Å²) in [5.41, 5.74) is 1.15. The highest BCUT2D eigenvalue weighted by atomic mass is 32.2. The normalized spacial score (nSPS) is 13.5. The molecule has 1 amide bonds. The van der Waals surface area contributed by atoms with Crippen LogP contribution in [0.1, 0.15) is 30.7 Å². The predicted octanol–water partition coefficient (Wildman–Crippen LogP) is 3.10. The Hall–Kier alpha value is -1.67. The third kappa shape index (κ3) is 4.49. The van der Waals surface area contributed by atoms with Crippen molar-refractivity contribution >= 4 is 45.2 Å². The second-order valence-corrected chi connectivity index (χ2v) is 8.05. The van der Waals surface area contributed by atoms with Crippen LogP contribution in [0.25, 0.3) is 10.2 Å². The zero-order chi connectivity index (χ0) is 18.6. The van der Waals surface area contributed by atoms with Crippen LogP contribution >= 0.6 is 23.1 Å². The first-order valence-corrected chi connectivity index (χ1v) is 9.89. The molecule has 0 aromatic carbocycles.